The van der Waals surface area contributed by atoms with Gasteiger partial charge in [-0.2, -0.15) is 0 Å². The molecule has 1 aromatic heterocycles. The van der Waals surface area contributed by atoms with E-state index in [1.54, 1.807) is 6.34 Å². The zero-order valence-electron chi connectivity index (χ0n) is 9.98. The summed E-state index contributed by atoms with van der Waals surface area (Å²) in [4.78, 5) is 17.0. The van der Waals surface area contributed by atoms with Crippen molar-refractivity contribution in [3.8, 4) is 11.3 Å². The van der Waals surface area contributed by atoms with Crippen LogP contribution in [0, 0.1) is 0 Å². The van der Waals surface area contributed by atoms with Crippen molar-refractivity contribution in [2.45, 2.75) is 0 Å². The Kier molecular flexibility index (Phi) is 2.75. The molecule has 0 saturated carbocycles. The molecule has 1 aliphatic rings. The van der Waals surface area contributed by atoms with Crippen molar-refractivity contribution >= 4 is 18.0 Å². The van der Waals surface area contributed by atoms with Gasteiger partial charge < -0.3 is 14.5 Å². The van der Waals surface area contributed by atoms with E-state index in [4.69, 9.17) is 9.63 Å². The SMILES string of the molecule is O=C(O)c1cc(-c2ccccc2N2C=NCC2)on1. The zero-order chi connectivity index (χ0) is 13.2. The highest BCUT2D eigenvalue weighted by atomic mass is 16.5. The summed E-state index contributed by atoms with van der Waals surface area (Å²) in [5, 5.41) is 12.4. The minimum absolute atomic E-state index is 0.0973. The highest BCUT2D eigenvalue weighted by molar-refractivity contribution is 5.91. The molecule has 19 heavy (non-hydrogen) atoms. The third kappa shape index (κ3) is 2.08. The molecule has 3 rings (SSSR count). The Morgan fingerprint density at radius 3 is 2.89 bits per heavy atom. The normalized spacial score (nSPS) is 14.0. The number of rotatable bonds is 3. The first kappa shape index (κ1) is 11.5. The van der Waals surface area contributed by atoms with Crippen LogP contribution in [0.1, 0.15) is 10.5 Å². The molecule has 96 valence electrons. The second kappa shape index (κ2) is 4.56. The molecule has 0 amide bonds. The summed E-state index contributed by atoms with van der Waals surface area (Å²) >= 11 is 0. The molecule has 6 heteroatoms. The third-order valence-corrected chi connectivity index (χ3v) is 2.90. The van der Waals surface area contributed by atoms with Gasteiger partial charge in [-0.3, -0.25) is 4.99 Å². The number of aliphatic imine (C=N–C) groups is 1. The lowest BCUT2D eigenvalue weighted by Gasteiger charge is -2.16. The number of aromatic nitrogens is 1. The molecule has 0 bridgehead atoms. The number of aromatic carboxylic acids is 1. The van der Waals surface area contributed by atoms with Crippen LogP contribution >= 0.6 is 0 Å². The van der Waals surface area contributed by atoms with Crippen LogP contribution in [-0.2, 0) is 0 Å². The molecule has 1 aliphatic heterocycles. The quantitative estimate of drug-likeness (QED) is 0.908. The zero-order valence-corrected chi connectivity index (χ0v) is 9.98. The maximum absolute atomic E-state index is 10.8. The molecule has 1 N–H and O–H groups in total. The van der Waals surface area contributed by atoms with Crippen molar-refractivity contribution in [2.24, 2.45) is 4.99 Å². The Labute approximate surface area is 109 Å². The Hall–Kier alpha value is -2.63. The van der Waals surface area contributed by atoms with Gasteiger partial charge in [0.1, 0.15) is 0 Å². The van der Waals surface area contributed by atoms with E-state index in [1.807, 2.05) is 29.2 Å². The van der Waals surface area contributed by atoms with Gasteiger partial charge in [-0.1, -0.05) is 17.3 Å². The van der Waals surface area contributed by atoms with Crippen LogP contribution in [0.15, 0.2) is 39.8 Å². The van der Waals surface area contributed by atoms with Crippen LogP contribution in [0.25, 0.3) is 11.3 Å². The molecule has 2 heterocycles. The Morgan fingerprint density at radius 2 is 2.21 bits per heavy atom. The molecular formula is C13H11N3O3. The summed E-state index contributed by atoms with van der Waals surface area (Å²) in [5.41, 5.74) is 1.63. The topological polar surface area (TPSA) is 78.9 Å². The smallest absolute Gasteiger partial charge is 0.358 e. The van der Waals surface area contributed by atoms with Crippen molar-refractivity contribution in [2.75, 3.05) is 18.0 Å². The lowest BCUT2D eigenvalue weighted by molar-refractivity contribution is 0.0686. The Balaban J connectivity index is 2.03. The maximum Gasteiger partial charge on any atom is 0.358 e. The fourth-order valence-electron chi connectivity index (χ4n) is 2.00. The van der Waals surface area contributed by atoms with E-state index in [0.717, 1.165) is 24.3 Å². The highest BCUT2D eigenvalue weighted by Crippen LogP contribution is 2.31. The fraction of sp³-hybridized carbons (Fsp3) is 0.154. The second-order valence-electron chi connectivity index (χ2n) is 4.11. The number of carbonyl (C=O) groups is 1. The molecule has 2 aromatic rings. The number of hydrogen-bond acceptors (Lipinski definition) is 5. The van der Waals surface area contributed by atoms with Crippen molar-refractivity contribution in [3.05, 3.63) is 36.0 Å². The number of nitrogens with zero attached hydrogens (tertiary/aromatic N) is 3. The van der Waals surface area contributed by atoms with E-state index >= 15 is 0 Å². The number of para-hydroxylation sites is 1. The van der Waals surface area contributed by atoms with Crippen molar-refractivity contribution < 1.29 is 14.4 Å². The predicted octanol–water partition coefficient (Wildman–Crippen LogP) is 1.89. The van der Waals surface area contributed by atoms with Gasteiger partial charge in [-0.15, -0.1) is 0 Å². The summed E-state index contributed by atoms with van der Waals surface area (Å²) in [6.07, 6.45) is 1.77. The van der Waals surface area contributed by atoms with Gasteiger partial charge in [0.25, 0.3) is 0 Å². The van der Waals surface area contributed by atoms with Crippen LogP contribution in [0.3, 0.4) is 0 Å². The van der Waals surface area contributed by atoms with Crippen LogP contribution < -0.4 is 4.90 Å². The molecule has 0 radical (unpaired) electrons. The first-order chi connectivity index (χ1) is 9.25. The number of hydrogen-bond donors (Lipinski definition) is 1. The third-order valence-electron chi connectivity index (χ3n) is 2.90. The van der Waals surface area contributed by atoms with Crippen LogP contribution in [-0.4, -0.2) is 35.7 Å². The average molecular weight is 257 g/mol. The van der Waals surface area contributed by atoms with Gasteiger partial charge in [0.2, 0.25) is 0 Å². The first-order valence-electron chi connectivity index (χ1n) is 5.82. The number of carboxylic acids is 1. The molecule has 0 spiro atoms. The standard InChI is InChI=1S/C13H11N3O3/c17-13(18)10-7-12(19-15-10)9-3-1-2-4-11(9)16-6-5-14-8-16/h1-4,7-8H,5-6H2,(H,17,18). The fourth-order valence-corrected chi connectivity index (χ4v) is 2.00. The largest absolute Gasteiger partial charge is 0.476 e. The Bertz CT molecular complexity index is 648. The first-order valence-corrected chi connectivity index (χ1v) is 5.82. The van der Waals surface area contributed by atoms with Crippen LogP contribution in [0.5, 0.6) is 0 Å². The van der Waals surface area contributed by atoms with E-state index in [-0.39, 0.29) is 5.69 Å². The summed E-state index contributed by atoms with van der Waals surface area (Å²) < 4.78 is 5.11. The molecule has 0 aliphatic carbocycles. The minimum Gasteiger partial charge on any atom is -0.476 e. The molecule has 0 saturated heterocycles. The van der Waals surface area contributed by atoms with Gasteiger partial charge in [-0.05, 0) is 12.1 Å². The summed E-state index contributed by atoms with van der Waals surface area (Å²) in [5.74, 6) is -0.663. The van der Waals surface area contributed by atoms with Gasteiger partial charge >= 0.3 is 5.97 Å². The van der Waals surface area contributed by atoms with Crippen molar-refractivity contribution in [1.82, 2.24) is 5.16 Å². The molecule has 0 unspecified atom stereocenters. The average Bonchev–Trinajstić information content (AvgIpc) is 3.10. The lowest BCUT2D eigenvalue weighted by Crippen LogP contribution is -2.18. The van der Waals surface area contributed by atoms with E-state index < -0.39 is 5.97 Å². The molecule has 0 fully saturated rings. The van der Waals surface area contributed by atoms with Gasteiger partial charge in [0, 0.05) is 18.2 Å². The van der Waals surface area contributed by atoms with Gasteiger partial charge in [-0.25, -0.2) is 4.79 Å². The molecule has 0 atom stereocenters. The van der Waals surface area contributed by atoms with E-state index in [0.29, 0.717) is 5.76 Å². The summed E-state index contributed by atoms with van der Waals surface area (Å²) in [6.45, 7) is 1.56. The van der Waals surface area contributed by atoms with E-state index in [9.17, 15) is 4.79 Å². The number of anilines is 1. The summed E-state index contributed by atoms with van der Waals surface area (Å²) in [7, 11) is 0. The monoisotopic (exact) mass is 257 g/mol. The maximum atomic E-state index is 10.8. The van der Waals surface area contributed by atoms with Crippen molar-refractivity contribution in [1.29, 1.82) is 0 Å². The number of carboxylic acid groups (broad SMARTS) is 1. The van der Waals surface area contributed by atoms with Crippen LogP contribution in [0.4, 0.5) is 5.69 Å². The molecule has 1 aromatic carbocycles. The van der Waals surface area contributed by atoms with E-state index in [2.05, 4.69) is 10.1 Å². The minimum atomic E-state index is -1.10. The lowest BCUT2D eigenvalue weighted by atomic mass is 10.1. The molecule has 6 nitrogen and oxygen atoms in total. The summed E-state index contributed by atoms with van der Waals surface area (Å²) in [6, 6.07) is 9.02. The van der Waals surface area contributed by atoms with Gasteiger partial charge in [0.05, 0.1) is 18.6 Å². The van der Waals surface area contributed by atoms with Crippen molar-refractivity contribution in [3.63, 3.8) is 0 Å². The molecular weight excluding hydrogens is 246 g/mol. The Morgan fingerprint density at radius 1 is 1.37 bits per heavy atom. The van der Waals surface area contributed by atoms with Gasteiger partial charge in [0.15, 0.2) is 11.5 Å². The number of benzene rings is 1. The predicted molar refractivity (Wildman–Crippen MR) is 69.6 cm³/mol. The van der Waals surface area contributed by atoms with Crippen LogP contribution in [0.2, 0.25) is 0 Å². The highest BCUT2D eigenvalue weighted by Gasteiger charge is 2.18. The van der Waals surface area contributed by atoms with E-state index in [1.165, 1.54) is 6.07 Å². The second-order valence-corrected chi connectivity index (χ2v) is 4.11.